The summed E-state index contributed by atoms with van der Waals surface area (Å²) in [6, 6.07) is 15.4. The molecule has 3 nitrogen and oxygen atoms in total. The quantitative estimate of drug-likeness (QED) is 0.261. The number of carbonyl (C=O) groups excluding carboxylic acids is 1. The molecule has 0 spiro atoms. The van der Waals surface area contributed by atoms with Crippen LogP contribution in [0.3, 0.4) is 0 Å². The third-order valence-corrected chi connectivity index (χ3v) is 4.73. The number of ether oxygens (including phenoxy) is 2. The first kappa shape index (κ1) is 20.5. The lowest BCUT2D eigenvalue weighted by Crippen LogP contribution is -2.09. The Balaban J connectivity index is 2.64. The number of allylic oxidation sites excluding steroid dienone is 2. The predicted octanol–water partition coefficient (Wildman–Crippen LogP) is 5.61. The van der Waals surface area contributed by atoms with Crippen molar-refractivity contribution in [2.24, 2.45) is 0 Å². The number of benzene rings is 2. The van der Waals surface area contributed by atoms with Crippen LogP contribution in [0.15, 0.2) is 64.7 Å². The average Bonchev–Trinajstić information content (AvgIpc) is 2.70. The van der Waals surface area contributed by atoms with Crippen molar-refractivity contribution in [3.8, 4) is 12.3 Å². The standard InChI is InChI=1S/C23H21BrO3/c1-5-16(3)21-19(13-10-14-20(21)24)22(18(6-2)23(25)26-4)27-15-17-11-8-7-9-12-17/h2,5,7-14H,15H2,1,3-4H3/b16-5-,22-18-. The zero-order valence-electron chi connectivity index (χ0n) is 15.6. The van der Waals surface area contributed by atoms with E-state index in [1.807, 2.05) is 68.5 Å². The molecule has 138 valence electrons. The van der Waals surface area contributed by atoms with Gasteiger partial charge < -0.3 is 9.47 Å². The average molecular weight is 425 g/mol. The zero-order valence-corrected chi connectivity index (χ0v) is 17.2. The number of esters is 1. The molecular formula is C23H21BrO3. The molecule has 2 aromatic carbocycles. The number of carbonyl (C=O) groups is 1. The third-order valence-electron chi connectivity index (χ3n) is 4.07. The second kappa shape index (κ2) is 9.80. The number of hydrogen-bond donors (Lipinski definition) is 0. The van der Waals surface area contributed by atoms with Gasteiger partial charge in [0.05, 0.1) is 7.11 Å². The van der Waals surface area contributed by atoms with Gasteiger partial charge in [-0.3, -0.25) is 0 Å². The van der Waals surface area contributed by atoms with E-state index in [0.717, 1.165) is 26.7 Å². The van der Waals surface area contributed by atoms with Crippen LogP contribution in [0, 0.1) is 12.3 Å². The first-order valence-corrected chi connectivity index (χ1v) is 9.20. The Morgan fingerprint density at radius 3 is 2.48 bits per heavy atom. The van der Waals surface area contributed by atoms with Crippen molar-refractivity contribution in [2.75, 3.05) is 7.11 Å². The maximum atomic E-state index is 12.3. The van der Waals surface area contributed by atoms with Crippen LogP contribution in [0.4, 0.5) is 0 Å². The Hall–Kier alpha value is -2.77. The Labute approximate surface area is 168 Å². The molecule has 27 heavy (non-hydrogen) atoms. The molecule has 2 aromatic rings. The molecule has 0 heterocycles. The maximum absolute atomic E-state index is 12.3. The molecule has 0 atom stereocenters. The van der Waals surface area contributed by atoms with Crippen molar-refractivity contribution in [1.82, 2.24) is 0 Å². The van der Waals surface area contributed by atoms with E-state index >= 15 is 0 Å². The van der Waals surface area contributed by atoms with Gasteiger partial charge in [0.25, 0.3) is 0 Å². The topological polar surface area (TPSA) is 35.5 Å². The van der Waals surface area contributed by atoms with E-state index in [1.54, 1.807) is 0 Å². The summed E-state index contributed by atoms with van der Waals surface area (Å²) in [6.45, 7) is 4.22. The fourth-order valence-electron chi connectivity index (χ4n) is 2.59. The van der Waals surface area contributed by atoms with Crippen LogP contribution in [0.5, 0.6) is 0 Å². The highest BCUT2D eigenvalue weighted by Crippen LogP contribution is 2.34. The lowest BCUT2D eigenvalue weighted by Gasteiger charge is -2.18. The summed E-state index contributed by atoms with van der Waals surface area (Å²) in [5.41, 5.74) is 3.70. The summed E-state index contributed by atoms with van der Waals surface area (Å²) in [4.78, 5) is 12.3. The molecule has 0 N–H and O–H groups in total. The van der Waals surface area contributed by atoms with Crippen molar-refractivity contribution in [1.29, 1.82) is 0 Å². The van der Waals surface area contributed by atoms with Crippen LogP contribution in [0.1, 0.15) is 30.5 Å². The molecule has 0 saturated carbocycles. The first-order valence-electron chi connectivity index (χ1n) is 8.41. The van der Waals surface area contributed by atoms with Gasteiger partial charge in [0.2, 0.25) is 0 Å². The smallest absolute Gasteiger partial charge is 0.350 e. The van der Waals surface area contributed by atoms with Gasteiger partial charge in [0.1, 0.15) is 6.61 Å². The van der Waals surface area contributed by atoms with Crippen molar-refractivity contribution < 1.29 is 14.3 Å². The molecule has 0 aliphatic rings. The fraction of sp³-hybridized carbons (Fsp3) is 0.174. The molecule has 2 rings (SSSR count). The van der Waals surface area contributed by atoms with Crippen molar-refractivity contribution in [3.63, 3.8) is 0 Å². The highest BCUT2D eigenvalue weighted by molar-refractivity contribution is 9.10. The molecule has 4 heteroatoms. The number of hydrogen-bond acceptors (Lipinski definition) is 3. The molecule has 0 fully saturated rings. The summed E-state index contributed by atoms with van der Waals surface area (Å²) < 4.78 is 11.8. The van der Waals surface area contributed by atoms with Crippen molar-refractivity contribution >= 4 is 33.2 Å². The lowest BCUT2D eigenvalue weighted by atomic mass is 9.97. The van der Waals surface area contributed by atoms with E-state index in [-0.39, 0.29) is 12.2 Å². The zero-order chi connectivity index (χ0) is 19.8. The lowest BCUT2D eigenvalue weighted by molar-refractivity contribution is -0.135. The summed E-state index contributed by atoms with van der Waals surface area (Å²) in [5.74, 6) is 2.15. The molecular weight excluding hydrogens is 404 g/mol. The predicted molar refractivity (Wildman–Crippen MR) is 112 cm³/mol. The van der Waals surface area contributed by atoms with Crippen LogP contribution < -0.4 is 0 Å². The highest BCUT2D eigenvalue weighted by atomic mass is 79.9. The minimum atomic E-state index is -0.607. The normalized spacial score (nSPS) is 12.0. The van der Waals surface area contributed by atoms with Crippen LogP contribution in [0.25, 0.3) is 11.3 Å². The third kappa shape index (κ3) is 4.90. The molecule has 0 radical (unpaired) electrons. The van der Waals surface area contributed by atoms with E-state index in [1.165, 1.54) is 7.11 Å². The largest absolute Gasteiger partial charge is 0.487 e. The van der Waals surface area contributed by atoms with Crippen LogP contribution >= 0.6 is 15.9 Å². The fourth-order valence-corrected chi connectivity index (χ4v) is 3.27. The Bertz CT molecular complexity index is 918. The second-order valence-corrected chi connectivity index (χ2v) is 6.60. The Morgan fingerprint density at radius 1 is 1.19 bits per heavy atom. The maximum Gasteiger partial charge on any atom is 0.350 e. The summed E-state index contributed by atoms with van der Waals surface area (Å²) in [7, 11) is 1.30. The number of terminal acetylenes is 1. The number of halogens is 1. The monoisotopic (exact) mass is 424 g/mol. The SMILES string of the molecule is C#C/C(C(=O)OC)=C(/OCc1ccccc1)c1cccc(Br)c1/C(C)=C\C. The number of rotatable bonds is 6. The van der Waals surface area contributed by atoms with E-state index in [4.69, 9.17) is 15.9 Å². The molecule has 0 aromatic heterocycles. The minimum absolute atomic E-state index is 0.0525. The van der Waals surface area contributed by atoms with Crippen LogP contribution in [0.2, 0.25) is 0 Å². The van der Waals surface area contributed by atoms with Crippen molar-refractivity contribution in [3.05, 3.63) is 81.3 Å². The van der Waals surface area contributed by atoms with Crippen LogP contribution in [-0.2, 0) is 20.9 Å². The summed E-state index contributed by atoms with van der Waals surface area (Å²) >= 11 is 3.59. The van der Waals surface area contributed by atoms with Gasteiger partial charge in [-0.2, -0.15) is 0 Å². The van der Waals surface area contributed by atoms with Gasteiger partial charge in [0, 0.05) is 15.6 Å². The summed E-state index contributed by atoms with van der Waals surface area (Å²) in [5, 5.41) is 0. The second-order valence-electron chi connectivity index (χ2n) is 5.75. The van der Waals surface area contributed by atoms with Gasteiger partial charge in [-0.05, 0) is 31.1 Å². The van der Waals surface area contributed by atoms with E-state index < -0.39 is 5.97 Å². The van der Waals surface area contributed by atoms with Gasteiger partial charge in [-0.15, -0.1) is 6.42 Å². The summed E-state index contributed by atoms with van der Waals surface area (Å²) in [6.07, 6.45) is 7.63. The molecule has 0 unspecified atom stereocenters. The van der Waals surface area contributed by atoms with Crippen molar-refractivity contribution in [2.45, 2.75) is 20.5 Å². The minimum Gasteiger partial charge on any atom is -0.487 e. The molecule has 0 amide bonds. The molecule has 0 bridgehead atoms. The van der Waals surface area contributed by atoms with Gasteiger partial charge in [-0.25, -0.2) is 4.79 Å². The number of methoxy groups -OCH3 is 1. The Kier molecular flexibility index (Phi) is 7.45. The van der Waals surface area contributed by atoms with E-state index in [2.05, 4.69) is 21.9 Å². The molecule has 0 saturated heterocycles. The highest BCUT2D eigenvalue weighted by Gasteiger charge is 2.22. The molecule has 0 aliphatic carbocycles. The van der Waals surface area contributed by atoms with E-state index in [9.17, 15) is 4.79 Å². The van der Waals surface area contributed by atoms with Crippen LogP contribution in [-0.4, -0.2) is 13.1 Å². The first-order chi connectivity index (χ1) is 13.0. The van der Waals surface area contributed by atoms with Gasteiger partial charge in [0.15, 0.2) is 11.3 Å². The van der Waals surface area contributed by atoms with Gasteiger partial charge in [-0.1, -0.05) is 70.4 Å². The molecule has 0 aliphatic heterocycles. The Morgan fingerprint density at radius 2 is 1.89 bits per heavy atom. The van der Waals surface area contributed by atoms with E-state index in [0.29, 0.717) is 5.76 Å². The van der Waals surface area contributed by atoms with Gasteiger partial charge >= 0.3 is 5.97 Å².